The zero-order chi connectivity index (χ0) is 11.5. The highest BCUT2D eigenvalue weighted by atomic mass is 14.4. The maximum Gasteiger partial charge on any atom is -0.0131 e. The highest BCUT2D eigenvalue weighted by Crippen LogP contribution is 2.47. The molecule has 0 spiro atoms. The fourth-order valence-electron chi connectivity index (χ4n) is 3.10. The largest absolute Gasteiger partial charge is 0.0654 e. The smallest absolute Gasteiger partial charge is 0.0131 e. The third kappa shape index (κ3) is 2.31. The van der Waals surface area contributed by atoms with Crippen LogP contribution in [0.4, 0.5) is 0 Å². The first kappa shape index (κ1) is 11.7. The number of hydrogen-bond acceptors (Lipinski definition) is 0. The second kappa shape index (κ2) is 5.03. The third-order valence-electron chi connectivity index (χ3n) is 4.31. The fraction of sp³-hybridized carbons (Fsp3) is 0.625. The monoisotopic (exact) mass is 216 g/mol. The van der Waals surface area contributed by atoms with Crippen LogP contribution in [0.1, 0.15) is 56.6 Å². The summed E-state index contributed by atoms with van der Waals surface area (Å²) in [5.74, 6) is 2.70. The Balaban J connectivity index is 2.02. The van der Waals surface area contributed by atoms with Crippen molar-refractivity contribution < 1.29 is 0 Å². The Kier molecular flexibility index (Phi) is 3.68. The van der Waals surface area contributed by atoms with E-state index in [2.05, 4.69) is 45.0 Å². The molecule has 1 aliphatic rings. The van der Waals surface area contributed by atoms with Crippen LogP contribution in [-0.4, -0.2) is 0 Å². The Bertz CT molecular complexity index is 322. The van der Waals surface area contributed by atoms with E-state index in [0.29, 0.717) is 0 Å². The summed E-state index contributed by atoms with van der Waals surface area (Å²) in [6.07, 6.45) is 5.58. The highest BCUT2D eigenvalue weighted by Gasteiger charge is 2.35. The minimum atomic E-state index is 0.849. The van der Waals surface area contributed by atoms with Crippen LogP contribution in [0.5, 0.6) is 0 Å². The van der Waals surface area contributed by atoms with Gasteiger partial charge in [-0.25, -0.2) is 0 Å². The second-order valence-corrected chi connectivity index (χ2v) is 5.52. The van der Waals surface area contributed by atoms with Crippen molar-refractivity contribution in [2.75, 3.05) is 0 Å². The Morgan fingerprint density at radius 3 is 2.38 bits per heavy atom. The standard InChI is InChI=1S/C16H24/c1-4-5-13(3)15-10-11-16(15)14-8-6-12(2)7-9-14/h6-9,13,15-16H,4-5,10-11H2,1-3H3. The van der Waals surface area contributed by atoms with Gasteiger partial charge in [-0.1, -0.05) is 56.5 Å². The van der Waals surface area contributed by atoms with E-state index in [0.717, 1.165) is 17.8 Å². The van der Waals surface area contributed by atoms with Crippen LogP contribution in [0.25, 0.3) is 0 Å². The summed E-state index contributed by atoms with van der Waals surface area (Å²) in [5, 5.41) is 0. The summed E-state index contributed by atoms with van der Waals surface area (Å²) in [4.78, 5) is 0. The maximum atomic E-state index is 2.44. The fourth-order valence-corrected chi connectivity index (χ4v) is 3.10. The topological polar surface area (TPSA) is 0 Å². The predicted octanol–water partition coefficient (Wildman–Crippen LogP) is 4.92. The summed E-state index contributed by atoms with van der Waals surface area (Å²) < 4.78 is 0. The van der Waals surface area contributed by atoms with Gasteiger partial charge >= 0.3 is 0 Å². The van der Waals surface area contributed by atoms with Crippen molar-refractivity contribution in [3.8, 4) is 0 Å². The Hall–Kier alpha value is -0.780. The van der Waals surface area contributed by atoms with E-state index < -0.39 is 0 Å². The average Bonchev–Trinajstić information content (AvgIpc) is 2.20. The molecule has 1 fully saturated rings. The summed E-state index contributed by atoms with van der Waals surface area (Å²) in [7, 11) is 0. The molecule has 0 bridgehead atoms. The van der Waals surface area contributed by atoms with Crippen molar-refractivity contribution in [3.05, 3.63) is 35.4 Å². The van der Waals surface area contributed by atoms with E-state index >= 15 is 0 Å². The van der Waals surface area contributed by atoms with Crippen LogP contribution in [0.15, 0.2) is 24.3 Å². The lowest BCUT2D eigenvalue weighted by Gasteiger charge is -2.41. The lowest BCUT2D eigenvalue weighted by molar-refractivity contribution is 0.167. The quantitative estimate of drug-likeness (QED) is 0.670. The summed E-state index contributed by atoms with van der Waals surface area (Å²) in [5.41, 5.74) is 2.95. The van der Waals surface area contributed by atoms with Crippen molar-refractivity contribution in [1.29, 1.82) is 0 Å². The van der Waals surface area contributed by atoms with Gasteiger partial charge in [0, 0.05) is 0 Å². The molecule has 0 saturated heterocycles. The molecule has 3 atom stereocenters. The first-order valence-corrected chi connectivity index (χ1v) is 6.79. The first-order chi connectivity index (χ1) is 7.72. The van der Waals surface area contributed by atoms with Crippen LogP contribution < -0.4 is 0 Å². The molecule has 1 aromatic carbocycles. The van der Waals surface area contributed by atoms with Gasteiger partial charge in [0.2, 0.25) is 0 Å². The maximum absolute atomic E-state index is 2.44. The average molecular weight is 216 g/mol. The van der Waals surface area contributed by atoms with E-state index in [-0.39, 0.29) is 0 Å². The van der Waals surface area contributed by atoms with Crippen LogP contribution in [0, 0.1) is 18.8 Å². The zero-order valence-electron chi connectivity index (χ0n) is 10.9. The second-order valence-electron chi connectivity index (χ2n) is 5.52. The van der Waals surface area contributed by atoms with Gasteiger partial charge in [0.15, 0.2) is 0 Å². The molecule has 2 rings (SSSR count). The molecular weight excluding hydrogens is 192 g/mol. The summed E-state index contributed by atoms with van der Waals surface area (Å²) in [6, 6.07) is 9.19. The number of rotatable bonds is 4. The highest BCUT2D eigenvalue weighted by molar-refractivity contribution is 5.26. The van der Waals surface area contributed by atoms with Crippen LogP contribution in [-0.2, 0) is 0 Å². The normalized spacial score (nSPS) is 26.2. The minimum absolute atomic E-state index is 0.849. The van der Waals surface area contributed by atoms with Crippen molar-refractivity contribution in [2.24, 2.45) is 11.8 Å². The van der Waals surface area contributed by atoms with E-state index in [9.17, 15) is 0 Å². The van der Waals surface area contributed by atoms with Gasteiger partial charge in [0.1, 0.15) is 0 Å². The number of benzene rings is 1. The summed E-state index contributed by atoms with van der Waals surface area (Å²) >= 11 is 0. The van der Waals surface area contributed by atoms with Gasteiger partial charge in [-0.05, 0) is 43.1 Å². The number of aryl methyl sites for hydroxylation is 1. The van der Waals surface area contributed by atoms with Crippen molar-refractivity contribution in [1.82, 2.24) is 0 Å². The Morgan fingerprint density at radius 2 is 1.88 bits per heavy atom. The molecular formula is C16H24. The van der Waals surface area contributed by atoms with Crippen LogP contribution >= 0.6 is 0 Å². The molecule has 0 amide bonds. The molecule has 0 nitrogen and oxygen atoms in total. The predicted molar refractivity (Wildman–Crippen MR) is 70.7 cm³/mol. The molecule has 1 aromatic rings. The van der Waals surface area contributed by atoms with Crippen LogP contribution in [0.2, 0.25) is 0 Å². The lowest BCUT2D eigenvalue weighted by Crippen LogP contribution is -2.29. The van der Waals surface area contributed by atoms with Crippen molar-refractivity contribution >= 4 is 0 Å². The van der Waals surface area contributed by atoms with E-state index in [1.807, 2.05) is 0 Å². The molecule has 1 saturated carbocycles. The molecule has 16 heavy (non-hydrogen) atoms. The summed E-state index contributed by atoms with van der Waals surface area (Å²) in [6.45, 7) is 6.91. The van der Waals surface area contributed by atoms with Gasteiger partial charge in [0.05, 0.1) is 0 Å². The van der Waals surface area contributed by atoms with Crippen LogP contribution in [0.3, 0.4) is 0 Å². The molecule has 3 unspecified atom stereocenters. The zero-order valence-corrected chi connectivity index (χ0v) is 10.9. The molecule has 0 heteroatoms. The molecule has 0 N–H and O–H groups in total. The first-order valence-electron chi connectivity index (χ1n) is 6.79. The molecule has 0 aliphatic heterocycles. The minimum Gasteiger partial charge on any atom is -0.0654 e. The van der Waals surface area contributed by atoms with Gasteiger partial charge in [-0.2, -0.15) is 0 Å². The van der Waals surface area contributed by atoms with Crippen molar-refractivity contribution in [3.63, 3.8) is 0 Å². The van der Waals surface area contributed by atoms with Gasteiger partial charge in [-0.15, -0.1) is 0 Å². The van der Waals surface area contributed by atoms with E-state index in [4.69, 9.17) is 0 Å². The Labute approximate surface area is 100 Å². The van der Waals surface area contributed by atoms with Gasteiger partial charge < -0.3 is 0 Å². The number of hydrogen-bond donors (Lipinski definition) is 0. The molecule has 88 valence electrons. The lowest BCUT2D eigenvalue weighted by atomic mass is 9.64. The Morgan fingerprint density at radius 1 is 1.19 bits per heavy atom. The van der Waals surface area contributed by atoms with E-state index in [1.165, 1.54) is 31.2 Å². The van der Waals surface area contributed by atoms with Gasteiger partial charge in [-0.3, -0.25) is 0 Å². The van der Waals surface area contributed by atoms with Crippen molar-refractivity contribution in [2.45, 2.75) is 52.4 Å². The SMILES string of the molecule is CCCC(C)C1CCC1c1ccc(C)cc1. The van der Waals surface area contributed by atoms with E-state index in [1.54, 1.807) is 5.56 Å². The molecule has 0 radical (unpaired) electrons. The molecule has 0 aromatic heterocycles. The molecule has 1 aliphatic carbocycles. The third-order valence-corrected chi connectivity index (χ3v) is 4.31. The van der Waals surface area contributed by atoms with Gasteiger partial charge in [0.25, 0.3) is 0 Å². The molecule has 0 heterocycles.